The van der Waals surface area contributed by atoms with E-state index in [-0.39, 0.29) is 18.3 Å². The van der Waals surface area contributed by atoms with Gasteiger partial charge in [-0.25, -0.2) is 0 Å². The minimum absolute atomic E-state index is 0. The van der Waals surface area contributed by atoms with Gasteiger partial charge in [-0.05, 0) is 50.0 Å². The zero-order valence-electron chi connectivity index (χ0n) is 13.0. The molecule has 0 aliphatic carbocycles. The highest BCUT2D eigenvalue weighted by Gasteiger charge is 2.16. The van der Waals surface area contributed by atoms with Crippen molar-refractivity contribution in [2.75, 3.05) is 18.4 Å². The number of hydrogen-bond donors (Lipinski definition) is 2. The Morgan fingerprint density at radius 3 is 2.91 bits per heavy atom. The van der Waals surface area contributed by atoms with Crippen molar-refractivity contribution in [3.05, 3.63) is 23.2 Å². The molecule has 1 aliphatic rings. The van der Waals surface area contributed by atoms with Crippen LogP contribution in [0.3, 0.4) is 0 Å². The van der Waals surface area contributed by atoms with Crippen molar-refractivity contribution in [1.82, 2.24) is 5.32 Å². The third-order valence-corrected chi connectivity index (χ3v) is 4.84. The van der Waals surface area contributed by atoms with E-state index in [0.717, 1.165) is 30.1 Å². The standard InChI is InChI=1S/C16H23ClN2OS.ClH/c1-11(2)21-15-5-4-13(17)9-14(15)19-16(20)6-3-12-7-8-18-10-12;/h4-5,9,11-12,18H,3,6-8,10H2,1-2H3,(H,19,20);1H. The van der Waals surface area contributed by atoms with Gasteiger partial charge in [0, 0.05) is 21.6 Å². The second kappa shape index (κ2) is 9.66. The van der Waals surface area contributed by atoms with Gasteiger partial charge in [0.15, 0.2) is 0 Å². The Hall–Kier alpha value is -0.420. The van der Waals surface area contributed by atoms with E-state index in [1.165, 1.54) is 6.42 Å². The molecule has 1 aromatic carbocycles. The molecule has 3 nitrogen and oxygen atoms in total. The van der Waals surface area contributed by atoms with Crippen LogP contribution in [0.1, 0.15) is 33.1 Å². The topological polar surface area (TPSA) is 41.1 Å². The van der Waals surface area contributed by atoms with Crippen molar-refractivity contribution >= 4 is 47.4 Å². The molecule has 0 aromatic heterocycles. The van der Waals surface area contributed by atoms with Crippen LogP contribution in [0, 0.1) is 5.92 Å². The smallest absolute Gasteiger partial charge is 0.224 e. The fourth-order valence-electron chi connectivity index (χ4n) is 2.47. The number of rotatable bonds is 6. The molecular formula is C16H24Cl2N2OS. The van der Waals surface area contributed by atoms with E-state index in [4.69, 9.17) is 11.6 Å². The second-order valence-corrected chi connectivity index (χ2v) is 7.81. The zero-order chi connectivity index (χ0) is 15.2. The van der Waals surface area contributed by atoms with E-state index >= 15 is 0 Å². The summed E-state index contributed by atoms with van der Waals surface area (Å²) in [6, 6.07) is 5.68. The van der Waals surface area contributed by atoms with Crippen LogP contribution in [-0.2, 0) is 4.79 Å². The lowest BCUT2D eigenvalue weighted by Gasteiger charge is -2.14. The highest BCUT2D eigenvalue weighted by Crippen LogP contribution is 2.32. The largest absolute Gasteiger partial charge is 0.325 e. The number of halogens is 2. The summed E-state index contributed by atoms with van der Waals surface area (Å²) >= 11 is 7.78. The van der Waals surface area contributed by atoms with Gasteiger partial charge in [-0.1, -0.05) is 25.4 Å². The lowest BCUT2D eigenvalue weighted by atomic mass is 10.0. The average molecular weight is 363 g/mol. The summed E-state index contributed by atoms with van der Waals surface area (Å²) in [5.74, 6) is 0.717. The van der Waals surface area contributed by atoms with E-state index in [2.05, 4.69) is 24.5 Å². The van der Waals surface area contributed by atoms with Crippen molar-refractivity contribution < 1.29 is 4.79 Å². The Bertz CT molecular complexity index is 491. The molecule has 0 spiro atoms. The highest BCUT2D eigenvalue weighted by molar-refractivity contribution is 8.00. The maximum absolute atomic E-state index is 12.1. The average Bonchev–Trinajstić information content (AvgIpc) is 2.92. The van der Waals surface area contributed by atoms with Gasteiger partial charge >= 0.3 is 0 Å². The maximum Gasteiger partial charge on any atom is 0.224 e. The Morgan fingerprint density at radius 2 is 2.27 bits per heavy atom. The van der Waals surface area contributed by atoms with Crippen LogP contribution in [0.4, 0.5) is 5.69 Å². The first-order valence-electron chi connectivity index (χ1n) is 7.51. The number of thioether (sulfide) groups is 1. The Kier molecular flexibility index (Phi) is 8.62. The summed E-state index contributed by atoms with van der Waals surface area (Å²) in [7, 11) is 0. The van der Waals surface area contributed by atoms with Gasteiger partial charge in [0.25, 0.3) is 0 Å². The van der Waals surface area contributed by atoms with E-state index in [1.54, 1.807) is 11.8 Å². The molecule has 1 unspecified atom stereocenters. The van der Waals surface area contributed by atoms with Gasteiger partial charge in [-0.3, -0.25) is 4.79 Å². The monoisotopic (exact) mass is 362 g/mol. The van der Waals surface area contributed by atoms with Crippen LogP contribution in [0.25, 0.3) is 0 Å². The third-order valence-electron chi connectivity index (χ3n) is 3.52. The molecule has 1 aromatic rings. The maximum atomic E-state index is 12.1. The summed E-state index contributed by atoms with van der Waals surface area (Å²) in [5.41, 5.74) is 0.829. The summed E-state index contributed by atoms with van der Waals surface area (Å²) in [6.45, 7) is 6.39. The summed E-state index contributed by atoms with van der Waals surface area (Å²) in [4.78, 5) is 13.2. The third kappa shape index (κ3) is 6.37. The predicted molar refractivity (Wildman–Crippen MR) is 98.5 cm³/mol. The second-order valence-electron chi connectivity index (χ2n) is 5.75. The molecule has 0 radical (unpaired) electrons. The van der Waals surface area contributed by atoms with Crippen molar-refractivity contribution in [2.45, 2.75) is 43.3 Å². The van der Waals surface area contributed by atoms with Crippen LogP contribution < -0.4 is 10.6 Å². The van der Waals surface area contributed by atoms with Gasteiger partial charge < -0.3 is 10.6 Å². The number of carbonyl (C=O) groups is 1. The summed E-state index contributed by atoms with van der Waals surface area (Å²) in [5, 5.41) is 7.46. The molecule has 1 saturated heterocycles. The molecule has 1 heterocycles. The predicted octanol–water partition coefficient (Wildman–Crippen LogP) is 4.59. The van der Waals surface area contributed by atoms with E-state index in [1.807, 2.05) is 18.2 Å². The summed E-state index contributed by atoms with van der Waals surface area (Å²) < 4.78 is 0. The number of carbonyl (C=O) groups excluding carboxylic acids is 1. The van der Waals surface area contributed by atoms with Crippen LogP contribution >= 0.6 is 35.8 Å². The SMILES string of the molecule is CC(C)Sc1ccc(Cl)cc1NC(=O)CCC1CCNC1.Cl. The normalized spacial score (nSPS) is 17.4. The van der Waals surface area contributed by atoms with Gasteiger partial charge in [-0.15, -0.1) is 24.2 Å². The van der Waals surface area contributed by atoms with Gasteiger partial charge in [0.05, 0.1) is 5.69 Å². The first-order chi connectivity index (χ1) is 10.0. The van der Waals surface area contributed by atoms with Crippen LogP contribution in [0.15, 0.2) is 23.1 Å². The van der Waals surface area contributed by atoms with Crippen LogP contribution in [-0.4, -0.2) is 24.2 Å². The van der Waals surface area contributed by atoms with E-state index in [9.17, 15) is 4.79 Å². The molecule has 124 valence electrons. The minimum Gasteiger partial charge on any atom is -0.325 e. The Morgan fingerprint density at radius 1 is 1.50 bits per heavy atom. The number of hydrogen-bond acceptors (Lipinski definition) is 3. The molecule has 1 fully saturated rings. The molecule has 22 heavy (non-hydrogen) atoms. The minimum atomic E-state index is 0. The van der Waals surface area contributed by atoms with Gasteiger partial charge in [0.1, 0.15) is 0 Å². The zero-order valence-corrected chi connectivity index (χ0v) is 15.4. The number of anilines is 1. The molecule has 1 atom stereocenters. The quantitative estimate of drug-likeness (QED) is 0.727. The highest BCUT2D eigenvalue weighted by atomic mass is 35.5. The molecule has 6 heteroatoms. The first kappa shape index (κ1) is 19.6. The molecular weight excluding hydrogens is 339 g/mol. The van der Waals surface area contributed by atoms with Gasteiger partial charge in [-0.2, -0.15) is 0 Å². The Labute approximate surface area is 148 Å². The van der Waals surface area contributed by atoms with Crippen molar-refractivity contribution in [3.63, 3.8) is 0 Å². The number of benzene rings is 1. The molecule has 1 aliphatic heterocycles. The fraction of sp³-hybridized carbons (Fsp3) is 0.562. The van der Waals surface area contributed by atoms with Crippen molar-refractivity contribution in [1.29, 1.82) is 0 Å². The Balaban J connectivity index is 0.00000242. The van der Waals surface area contributed by atoms with E-state index < -0.39 is 0 Å². The van der Waals surface area contributed by atoms with Crippen LogP contribution in [0.5, 0.6) is 0 Å². The lowest BCUT2D eigenvalue weighted by molar-refractivity contribution is -0.116. The molecule has 2 rings (SSSR count). The number of nitrogens with one attached hydrogen (secondary N) is 2. The van der Waals surface area contributed by atoms with Gasteiger partial charge in [0.2, 0.25) is 5.91 Å². The molecule has 0 saturated carbocycles. The fourth-order valence-corrected chi connectivity index (χ4v) is 3.53. The lowest BCUT2D eigenvalue weighted by Crippen LogP contribution is -2.15. The first-order valence-corrected chi connectivity index (χ1v) is 8.77. The molecule has 2 N–H and O–H groups in total. The van der Waals surface area contributed by atoms with E-state index in [0.29, 0.717) is 22.6 Å². The summed E-state index contributed by atoms with van der Waals surface area (Å²) in [6.07, 6.45) is 2.70. The number of amides is 1. The molecule has 1 amide bonds. The van der Waals surface area contributed by atoms with Crippen LogP contribution in [0.2, 0.25) is 5.02 Å². The molecule has 0 bridgehead atoms. The van der Waals surface area contributed by atoms with Crippen molar-refractivity contribution in [2.24, 2.45) is 5.92 Å². The van der Waals surface area contributed by atoms with Crippen molar-refractivity contribution in [3.8, 4) is 0 Å².